The van der Waals surface area contributed by atoms with Crippen molar-refractivity contribution in [2.24, 2.45) is 0 Å². The van der Waals surface area contributed by atoms with Gasteiger partial charge in [-0.15, -0.1) is 22.7 Å². The lowest BCUT2D eigenvalue weighted by Gasteiger charge is -2.04. The van der Waals surface area contributed by atoms with Crippen LogP contribution in [0.3, 0.4) is 0 Å². The highest BCUT2D eigenvalue weighted by atomic mass is 79.9. The van der Waals surface area contributed by atoms with Crippen molar-refractivity contribution >= 4 is 48.6 Å². The maximum atomic E-state index is 12.0. The van der Waals surface area contributed by atoms with Crippen LogP contribution in [0.2, 0.25) is 0 Å². The molecular weight excluding hydrogens is 342 g/mol. The van der Waals surface area contributed by atoms with E-state index >= 15 is 0 Å². The van der Waals surface area contributed by atoms with Gasteiger partial charge in [0.25, 0.3) is 0 Å². The lowest BCUT2D eigenvalue weighted by atomic mass is 10.5. The lowest BCUT2D eigenvalue weighted by Crippen LogP contribution is -2.22. The van der Waals surface area contributed by atoms with Crippen LogP contribution in [0.5, 0.6) is 0 Å². The average molecular weight is 352 g/mol. The van der Waals surface area contributed by atoms with Gasteiger partial charge in [-0.2, -0.15) is 0 Å². The molecule has 0 radical (unpaired) electrons. The number of hydrogen-bond acceptors (Lipinski definition) is 4. The van der Waals surface area contributed by atoms with Crippen LogP contribution in [-0.2, 0) is 16.6 Å². The molecule has 2 heterocycles. The van der Waals surface area contributed by atoms with Crippen LogP contribution in [0.4, 0.5) is 0 Å². The molecular formula is C10H10BrNO2S3. The van der Waals surface area contributed by atoms with E-state index in [-0.39, 0.29) is 0 Å². The monoisotopic (exact) mass is 351 g/mol. The van der Waals surface area contributed by atoms with Crippen LogP contribution in [-0.4, -0.2) is 8.42 Å². The number of aryl methyl sites for hydroxylation is 1. The van der Waals surface area contributed by atoms with Gasteiger partial charge in [-0.05, 0) is 40.4 Å². The van der Waals surface area contributed by atoms with Gasteiger partial charge in [-0.25, -0.2) is 13.1 Å². The Morgan fingerprint density at radius 2 is 2.24 bits per heavy atom. The quantitative estimate of drug-likeness (QED) is 0.917. The van der Waals surface area contributed by atoms with E-state index in [0.717, 1.165) is 13.5 Å². The Bertz CT molecular complexity index is 602. The van der Waals surface area contributed by atoms with Crippen LogP contribution in [0, 0.1) is 6.92 Å². The van der Waals surface area contributed by atoms with E-state index in [1.807, 2.05) is 17.5 Å². The lowest BCUT2D eigenvalue weighted by molar-refractivity contribution is 0.581. The van der Waals surface area contributed by atoms with E-state index < -0.39 is 10.0 Å². The molecule has 0 atom stereocenters. The molecule has 0 aliphatic heterocycles. The molecule has 2 aromatic rings. The third kappa shape index (κ3) is 3.17. The molecule has 0 amide bonds. The zero-order valence-corrected chi connectivity index (χ0v) is 13.0. The summed E-state index contributed by atoms with van der Waals surface area (Å²) in [6, 6.07) is 5.45. The van der Waals surface area contributed by atoms with Crippen molar-refractivity contribution < 1.29 is 8.42 Å². The summed E-state index contributed by atoms with van der Waals surface area (Å²) in [5.41, 5.74) is 0. The molecule has 17 heavy (non-hydrogen) atoms. The molecule has 3 nitrogen and oxygen atoms in total. The van der Waals surface area contributed by atoms with Crippen molar-refractivity contribution in [2.45, 2.75) is 18.4 Å². The molecule has 0 bridgehead atoms. The second-order valence-electron chi connectivity index (χ2n) is 3.37. The molecule has 0 aromatic carbocycles. The fourth-order valence-corrected chi connectivity index (χ4v) is 5.51. The first-order valence-corrected chi connectivity index (χ1v) is 8.74. The Morgan fingerprint density at radius 3 is 2.76 bits per heavy atom. The maximum Gasteiger partial charge on any atom is 0.242 e. The second-order valence-corrected chi connectivity index (χ2v) is 8.78. The highest BCUT2D eigenvalue weighted by Crippen LogP contribution is 2.29. The zero-order chi connectivity index (χ0) is 12.5. The van der Waals surface area contributed by atoms with Crippen molar-refractivity contribution in [1.29, 1.82) is 0 Å². The van der Waals surface area contributed by atoms with Crippen LogP contribution >= 0.6 is 38.6 Å². The standard InChI is InChI=1S/C10H10BrNO2S3/c1-7-9(5-10(11)16-7)17(13,14)12-6-8-3-2-4-15-8/h2-5,12H,6H2,1H3. The highest BCUT2D eigenvalue weighted by molar-refractivity contribution is 9.11. The van der Waals surface area contributed by atoms with Crippen molar-refractivity contribution in [2.75, 3.05) is 0 Å². The largest absolute Gasteiger partial charge is 0.242 e. The summed E-state index contributed by atoms with van der Waals surface area (Å²) >= 11 is 6.25. The minimum Gasteiger partial charge on any atom is -0.207 e. The fraction of sp³-hybridized carbons (Fsp3) is 0.200. The van der Waals surface area contributed by atoms with Gasteiger partial charge >= 0.3 is 0 Å². The number of rotatable bonds is 4. The Kier molecular flexibility index (Phi) is 4.04. The number of halogens is 1. The molecule has 2 rings (SSSR count). The Hall–Kier alpha value is -0.210. The molecule has 0 fully saturated rings. The Balaban J connectivity index is 2.17. The molecule has 92 valence electrons. The molecule has 0 saturated carbocycles. The first kappa shape index (κ1) is 13.2. The van der Waals surface area contributed by atoms with Crippen molar-refractivity contribution in [3.8, 4) is 0 Å². The molecule has 0 saturated heterocycles. The van der Waals surface area contributed by atoms with Gasteiger partial charge in [0, 0.05) is 16.3 Å². The van der Waals surface area contributed by atoms with E-state index in [1.165, 1.54) is 22.7 Å². The predicted octanol–water partition coefficient (Wildman–Crippen LogP) is 3.36. The summed E-state index contributed by atoms with van der Waals surface area (Å²) in [7, 11) is -3.41. The van der Waals surface area contributed by atoms with Gasteiger partial charge in [-0.3, -0.25) is 0 Å². The van der Waals surface area contributed by atoms with Crippen molar-refractivity contribution in [3.05, 3.63) is 37.1 Å². The predicted molar refractivity (Wildman–Crippen MR) is 75.1 cm³/mol. The van der Waals surface area contributed by atoms with Gasteiger partial charge < -0.3 is 0 Å². The minimum atomic E-state index is -3.41. The first-order chi connectivity index (χ1) is 7.99. The Morgan fingerprint density at radius 1 is 1.47 bits per heavy atom. The summed E-state index contributed by atoms with van der Waals surface area (Å²) < 4.78 is 27.5. The topological polar surface area (TPSA) is 46.2 Å². The van der Waals surface area contributed by atoms with E-state index in [2.05, 4.69) is 20.7 Å². The van der Waals surface area contributed by atoms with Gasteiger partial charge in [0.2, 0.25) is 10.0 Å². The summed E-state index contributed by atoms with van der Waals surface area (Å²) in [4.78, 5) is 2.14. The van der Waals surface area contributed by atoms with Crippen LogP contribution in [0.25, 0.3) is 0 Å². The number of nitrogens with one attached hydrogen (secondary N) is 1. The smallest absolute Gasteiger partial charge is 0.207 e. The fourth-order valence-electron chi connectivity index (χ4n) is 1.35. The normalized spacial score (nSPS) is 11.9. The van der Waals surface area contributed by atoms with Crippen molar-refractivity contribution in [3.63, 3.8) is 0 Å². The summed E-state index contributed by atoms with van der Waals surface area (Å²) in [5, 5.41) is 1.93. The highest BCUT2D eigenvalue weighted by Gasteiger charge is 2.19. The Labute approximate surface area is 117 Å². The number of hydrogen-bond donors (Lipinski definition) is 1. The molecule has 0 unspecified atom stereocenters. The third-order valence-electron chi connectivity index (χ3n) is 2.15. The van der Waals surface area contributed by atoms with E-state index in [0.29, 0.717) is 11.4 Å². The molecule has 1 N–H and O–H groups in total. The van der Waals surface area contributed by atoms with Gasteiger partial charge in [0.15, 0.2) is 0 Å². The first-order valence-electron chi connectivity index (χ1n) is 4.77. The zero-order valence-electron chi connectivity index (χ0n) is 8.94. The van der Waals surface area contributed by atoms with E-state index in [4.69, 9.17) is 0 Å². The van der Waals surface area contributed by atoms with Crippen molar-refractivity contribution in [1.82, 2.24) is 4.72 Å². The van der Waals surface area contributed by atoms with Crippen LogP contribution in [0.1, 0.15) is 9.75 Å². The molecule has 7 heteroatoms. The SMILES string of the molecule is Cc1sc(Br)cc1S(=O)(=O)NCc1cccs1. The molecule has 0 spiro atoms. The van der Waals surface area contributed by atoms with Crippen LogP contribution < -0.4 is 4.72 Å². The van der Waals surface area contributed by atoms with Gasteiger partial charge in [0.1, 0.15) is 0 Å². The van der Waals surface area contributed by atoms with Gasteiger partial charge in [-0.1, -0.05) is 6.07 Å². The summed E-state index contributed by atoms with van der Waals surface area (Å²) in [6.07, 6.45) is 0. The average Bonchev–Trinajstić information content (AvgIpc) is 2.85. The third-order valence-corrected chi connectivity index (χ3v) is 6.23. The molecule has 0 aliphatic rings. The van der Waals surface area contributed by atoms with E-state index in [9.17, 15) is 8.42 Å². The molecule has 0 aliphatic carbocycles. The van der Waals surface area contributed by atoms with E-state index in [1.54, 1.807) is 13.0 Å². The van der Waals surface area contributed by atoms with Gasteiger partial charge in [0.05, 0.1) is 8.68 Å². The summed E-state index contributed by atoms with van der Waals surface area (Å²) in [5.74, 6) is 0. The van der Waals surface area contributed by atoms with Crippen LogP contribution in [0.15, 0.2) is 32.3 Å². The number of thiophene rings is 2. The number of sulfonamides is 1. The molecule has 2 aromatic heterocycles. The second kappa shape index (κ2) is 5.19. The summed E-state index contributed by atoms with van der Waals surface area (Å²) in [6.45, 7) is 2.14. The maximum absolute atomic E-state index is 12.0. The minimum absolute atomic E-state index is 0.340.